The minimum Gasteiger partial charge on any atom is -0.267 e. The first kappa shape index (κ1) is 16.4. The first-order valence-corrected chi connectivity index (χ1v) is 8.27. The van der Waals surface area contributed by atoms with Crippen LogP contribution in [-0.2, 0) is 11.2 Å². The van der Waals surface area contributed by atoms with Gasteiger partial charge in [-0.25, -0.2) is 9.80 Å². The molecule has 0 atom stereocenters. The normalized spacial score (nSPS) is 15.1. The van der Waals surface area contributed by atoms with Crippen molar-refractivity contribution in [1.82, 2.24) is 5.01 Å². The zero-order chi connectivity index (χ0) is 15.8. The lowest BCUT2D eigenvalue weighted by Crippen LogP contribution is -2.37. The Labute approximate surface area is 132 Å². The van der Waals surface area contributed by atoms with Gasteiger partial charge in [0.15, 0.2) is 0 Å². The zero-order valence-electron chi connectivity index (χ0n) is 13.3. The lowest BCUT2D eigenvalue weighted by Gasteiger charge is -2.29. The number of carbonyl (C=O) groups is 1. The maximum absolute atomic E-state index is 12.9. The third-order valence-electron chi connectivity index (χ3n) is 4.32. The molecule has 1 amide bonds. The Morgan fingerprint density at radius 3 is 2.68 bits per heavy atom. The van der Waals surface area contributed by atoms with Gasteiger partial charge in [-0.2, -0.15) is 0 Å². The van der Waals surface area contributed by atoms with E-state index in [1.54, 1.807) is 6.08 Å². The fourth-order valence-electron chi connectivity index (χ4n) is 3.10. The highest BCUT2D eigenvalue weighted by molar-refractivity contribution is 5.96. The van der Waals surface area contributed by atoms with Crippen molar-refractivity contribution in [2.24, 2.45) is 5.10 Å². The number of nitrogens with zero attached hydrogens (tertiary/aromatic N) is 2. The molecule has 22 heavy (non-hydrogen) atoms. The van der Waals surface area contributed by atoms with Crippen molar-refractivity contribution in [3.05, 3.63) is 35.4 Å². The van der Waals surface area contributed by atoms with Crippen LogP contribution in [-0.4, -0.2) is 23.0 Å². The predicted octanol–water partition coefficient (Wildman–Crippen LogP) is 4.05. The summed E-state index contributed by atoms with van der Waals surface area (Å²) in [6, 6.07) is 7.68. The number of rotatable bonds is 6. The van der Waals surface area contributed by atoms with E-state index in [1.165, 1.54) is 11.4 Å². The summed E-state index contributed by atoms with van der Waals surface area (Å²) >= 11 is 0. The maximum atomic E-state index is 12.9. The van der Waals surface area contributed by atoms with Gasteiger partial charge < -0.3 is 0 Å². The van der Waals surface area contributed by atoms with Crippen LogP contribution in [0.25, 0.3) is 0 Å². The molecule has 0 heterocycles. The number of amides is 1. The van der Waals surface area contributed by atoms with Gasteiger partial charge in [0.05, 0.1) is 6.04 Å². The smallest absolute Gasteiger partial charge is 0.267 e. The van der Waals surface area contributed by atoms with E-state index in [-0.39, 0.29) is 11.9 Å². The van der Waals surface area contributed by atoms with Gasteiger partial charge in [-0.05, 0) is 37.3 Å². The van der Waals surface area contributed by atoms with Crippen LogP contribution in [0, 0.1) is 0 Å². The Morgan fingerprint density at radius 1 is 1.27 bits per heavy atom. The predicted molar refractivity (Wildman–Crippen MR) is 86.2 cm³/mol. The molecule has 1 aromatic carbocycles. The highest BCUT2D eigenvalue weighted by Gasteiger charge is 2.27. The second-order valence-corrected chi connectivity index (χ2v) is 5.89. The molecule has 1 aromatic rings. The average Bonchev–Trinajstić information content (AvgIpc) is 2.58. The zero-order valence-corrected chi connectivity index (χ0v) is 13.3. The molecule has 1 saturated carbocycles. The molecule has 0 aromatic heterocycles. The molecular formula is C18H24N2O2. The molecule has 4 heteroatoms. The van der Waals surface area contributed by atoms with E-state index in [1.807, 2.05) is 24.3 Å². The molecular weight excluding hydrogens is 276 g/mol. The van der Waals surface area contributed by atoms with E-state index in [4.69, 9.17) is 0 Å². The molecule has 0 N–H and O–H groups in total. The van der Waals surface area contributed by atoms with Gasteiger partial charge >= 0.3 is 0 Å². The Morgan fingerprint density at radius 2 is 2.00 bits per heavy atom. The topological polar surface area (TPSA) is 49.7 Å². The number of aryl methyl sites for hydroxylation is 1. The van der Waals surface area contributed by atoms with Crippen LogP contribution in [0.2, 0.25) is 0 Å². The van der Waals surface area contributed by atoms with E-state index >= 15 is 0 Å². The Bertz CT molecular complexity index is 544. The van der Waals surface area contributed by atoms with Gasteiger partial charge in [0.1, 0.15) is 0 Å². The van der Waals surface area contributed by atoms with E-state index in [9.17, 15) is 9.59 Å². The van der Waals surface area contributed by atoms with Crippen molar-refractivity contribution in [2.45, 2.75) is 64.3 Å². The summed E-state index contributed by atoms with van der Waals surface area (Å²) in [4.78, 5) is 23.6. The summed E-state index contributed by atoms with van der Waals surface area (Å²) in [5.74, 6) is -0.165. The van der Waals surface area contributed by atoms with Gasteiger partial charge in [-0.1, -0.05) is 55.9 Å². The largest absolute Gasteiger partial charge is 0.275 e. The SMILES string of the molecule is CCCCc1ccccc1C(=O)N(N=C=O)C1CCCCC1. The van der Waals surface area contributed by atoms with Crippen molar-refractivity contribution < 1.29 is 9.59 Å². The molecule has 0 radical (unpaired) electrons. The fraction of sp³-hybridized carbons (Fsp3) is 0.556. The van der Waals surface area contributed by atoms with Crippen molar-refractivity contribution in [3.8, 4) is 0 Å². The molecule has 1 aliphatic carbocycles. The van der Waals surface area contributed by atoms with Gasteiger partial charge in [0.2, 0.25) is 0 Å². The van der Waals surface area contributed by atoms with E-state index in [0.717, 1.165) is 50.5 Å². The lowest BCUT2D eigenvalue weighted by atomic mass is 9.94. The third-order valence-corrected chi connectivity index (χ3v) is 4.32. The monoisotopic (exact) mass is 300 g/mol. The second kappa shape index (κ2) is 8.50. The summed E-state index contributed by atoms with van der Waals surface area (Å²) in [6.45, 7) is 2.13. The van der Waals surface area contributed by atoms with Gasteiger partial charge in [-0.15, -0.1) is 0 Å². The summed E-state index contributed by atoms with van der Waals surface area (Å²) in [6.07, 6.45) is 9.75. The molecule has 0 bridgehead atoms. The highest BCUT2D eigenvalue weighted by atomic mass is 16.2. The van der Waals surface area contributed by atoms with Crippen LogP contribution in [0.1, 0.15) is 67.8 Å². The van der Waals surface area contributed by atoms with Crippen LogP contribution in [0.4, 0.5) is 0 Å². The number of carbonyl (C=O) groups excluding carboxylic acids is 2. The summed E-state index contributed by atoms with van der Waals surface area (Å²) < 4.78 is 0. The summed E-state index contributed by atoms with van der Waals surface area (Å²) in [7, 11) is 0. The van der Waals surface area contributed by atoms with Gasteiger partial charge in [0, 0.05) is 5.56 Å². The number of unbranched alkanes of at least 4 members (excludes halogenated alkanes) is 1. The van der Waals surface area contributed by atoms with Crippen LogP contribution >= 0.6 is 0 Å². The molecule has 0 aliphatic heterocycles. The molecule has 0 spiro atoms. The minimum absolute atomic E-state index is 0.0296. The van der Waals surface area contributed by atoms with Crippen LogP contribution in [0.15, 0.2) is 29.4 Å². The van der Waals surface area contributed by atoms with Crippen LogP contribution < -0.4 is 0 Å². The van der Waals surface area contributed by atoms with E-state index in [2.05, 4.69) is 12.0 Å². The van der Waals surface area contributed by atoms with Crippen molar-refractivity contribution >= 4 is 12.0 Å². The first-order valence-electron chi connectivity index (χ1n) is 8.27. The van der Waals surface area contributed by atoms with Gasteiger partial charge in [0.25, 0.3) is 12.0 Å². The van der Waals surface area contributed by atoms with Crippen molar-refractivity contribution in [2.75, 3.05) is 0 Å². The standard InChI is InChI=1S/C18H24N2O2/c1-2-3-9-15-10-7-8-13-17(15)18(22)20(19-14-21)16-11-5-4-6-12-16/h7-8,10,13,16H,2-6,9,11-12H2,1H3. The molecule has 2 rings (SSSR count). The number of hydrogen-bond donors (Lipinski definition) is 0. The van der Waals surface area contributed by atoms with Gasteiger partial charge in [-0.3, -0.25) is 4.79 Å². The van der Waals surface area contributed by atoms with E-state index < -0.39 is 0 Å². The number of hydrazone groups is 1. The molecule has 4 nitrogen and oxygen atoms in total. The maximum Gasteiger partial charge on any atom is 0.275 e. The van der Waals surface area contributed by atoms with Crippen LogP contribution in [0.5, 0.6) is 0 Å². The Kier molecular flexibility index (Phi) is 6.35. The number of benzene rings is 1. The van der Waals surface area contributed by atoms with Crippen molar-refractivity contribution in [3.63, 3.8) is 0 Å². The molecule has 1 aliphatic rings. The average molecular weight is 300 g/mol. The number of hydrogen-bond acceptors (Lipinski definition) is 3. The fourth-order valence-corrected chi connectivity index (χ4v) is 3.10. The minimum atomic E-state index is -0.165. The molecule has 1 fully saturated rings. The molecule has 118 valence electrons. The molecule has 0 saturated heterocycles. The Hall–Kier alpha value is -1.93. The van der Waals surface area contributed by atoms with Crippen molar-refractivity contribution in [1.29, 1.82) is 0 Å². The quantitative estimate of drug-likeness (QED) is 0.452. The number of isocyanates is 1. The third kappa shape index (κ3) is 4.05. The lowest BCUT2D eigenvalue weighted by molar-refractivity contribution is 0.0640. The summed E-state index contributed by atoms with van der Waals surface area (Å²) in [5, 5.41) is 5.10. The summed E-state index contributed by atoms with van der Waals surface area (Å²) in [5.41, 5.74) is 1.71. The highest BCUT2D eigenvalue weighted by Crippen LogP contribution is 2.25. The van der Waals surface area contributed by atoms with Crippen LogP contribution in [0.3, 0.4) is 0 Å². The Balaban J connectivity index is 2.24. The first-order chi connectivity index (χ1) is 10.8. The molecule has 0 unspecified atom stereocenters. The van der Waals surface area contributed by atoms with E-state index in [0.29, 0.717) is 5.56 Å². The second-order valence-electron chi connectivity index (χ2n) is 5.89.